The highest BCUT2D eigenvalue weighted by atomic mass is 19.4. The van der Waals surface area contributed by atoms with Gasteiger partial charge < -0.3 is 14.8 Å². The fraction of sp³-hybridized carbons (Fsp3) is 0.211. The SMILES string of the molecule is C=Cc1ccc(C(F)(F)F)cc1OCCNC(=O)OCc1ccccc1. The monoisotopic (exact) mass is 365 g/mol. The van der Waals surface area contributed by atoms with Gasteiger partial charge in [-0.1, -0.05) is 49.1 Å². The minimum Gasteiger partial charge on any atom is -0.491 e. The van der Waals surface area contributed by atoms with E-state index in [4.69, 9.17) is 9.47 Å². The molecule has 0 atom stereocenters. The molecule has 1 N–H and O–H groups in total. The van der Waals surface area contributed by atoms with Crippen molar-refractivity contribution in [2.45, 2.75) is 12.8 Å². The van der Waals surface area contributed by atoms with Gasteiger partial charge in [0.1, 0.15) is 19.0 Å². The summed E-state index contributed by atoms with van der Waals surface area (Å²) in [4.78, 5) is 11.6. The van der Waals surface area contributed by atoms with Gasteiger partial charge in [-0.2, -0.15) is 13.2 Å². The van der Waals surface area contributed by atoms with Crippen LogP contribution in [0.15, 0.2) is 55.1 Å². The first-order valence-electron chi connectivity index (χ1n) is 7.81. The van der Waals surface area contributed by atoms with Crippen LogP contribution in [-0.2, 0) is 17.5 Å². The van der Waals surface area contributed by atoms with Crippen molar-refractivity contribution in [2.75, 3.05) is 13.2 Å². The number of ether oxygens (including phenoxy) is 2. The van der Waals surface area contributed by atoms with E-state index < -0.39 is 17.8 Å². The molecule has 0 spiro atoms. The van der Waals surface area contributed by atoms with Crippen LogP contribution >= 0.6 is 0 Å². The fourth-order valence-electron chi connectivity index (χ4n) is 2.09. The lowest BCUT2D eigenvalue weighted by Gasteiger charge is -2.13. The van der Waals surface area contributed by atoms with Crippen LogP contribution in [0.4, 0.5) is 18.0 Å². The quantitative estimate of drug-likeness (QED) is 0.727. The van der Waals surface area contributed by atoms with Crippen LogP contribution in [-0.4, -0.2) is 19.2 Å². The topological polar surface area (TPSA) is 47.6 Å². The molecule has 2 rings (SSSR count). The van der Waals surface area contributed by atoms with Crippen LogP contribution in [0, 0.1) is 0 Å². The first kappa shape index (κ1) is 19.4. The predicted octanol–water partition coefficient (Wildman–Crippen LogP) is 4.65. The molecule has 0 aliphatic heterocycles. The molecule has 0 radical (unpaired) electrons. The number of alkyl carbamates (subject to hydrolysis) is 1. The normalized spacial score (nSPS) is 10.9. The van der Waals surface area contributed by atoms with Gasteiger partial charge >= 0.3 is 12.3 Å². The molecule has 0 aliphatic carbocycles. The number of carbonyl (C=O) groups is 1. The Kier molecular flexibility index (Phi) is 6.66. The average Bonchev–Trinajstić information content (AvgIpc) is 2.63. The van der Waals surface area contributed by atoms with Gasteiger partial charge in [0.25, 0.3) is 0 Å². The van der Waals surface area contributed by atoms with Gasteiger partial charge in [0.2, 0.25) is 0 Å². The van der Waals surface area contributed by atoms with Crippen molar-refractivity contribution in [3.8, 4) is 5.75 Å². The Morgan fingerprint density at radius 1 is 1.15 bits per heavy atom. The largest absolute Gasteiger partial charge is 0.491 e. The summed E-state index contributed by atoms with van der Waals surface area (Å²) in [6.45, 7) is 3.74. The van der Waals surface area contributed by atoms with Crippen molar-refractivity contribution < 1.29 is 27.4 Å². The molecular weight excluding hydrogens is 347 g/mol. The maximum Gasteiger partial charge on any atom is 0.416 e. The Hall–Kier alpha value is -2.96. The molecule has 0 bridgehead atoms. The Morgan fingerprint density at radius 2 is 1.88 bits per heavy atom. The molecule has 0 saturated carbocycles. The molecule has 2 aromatic carbocycles. The van der Waals surface area contributed by atoms with E-state index in [0.29, 0.717) is 5.56 Å². The van der Waals surface area contributed by atoms with Crippen LogP contribution in [0.1, 0.15) is 16.7 Å². The Bertz CT molecular complexity index is 745. The molecule has 0 aliphatic rings. The summed E-state index contributed by atoms with van der Waals surface area (Å²) in [7, 11) is 0. The van der Waals surface area contributed by atoms with E-state index in [9.17, 15) is 18.0 Å². The number of hydrogen-bond donors (Lipinski definition) is 1. The van der Waals surface area contributed by atoms with Crippen LogP contribution in [0.5, 0.6) is 5.75 Å². The van der Waals surface area contributed by atoms with Gasteiger partial charge in [0.15, 0.2) is 0 Å². The van der Waals surface area contributed by atoms with Crippen LogP contribution < -0.4 is 10.1 Å². The summed E-state index contributed by atoms with van der Waals surface area (Å²) in [5, 5.41) is 2.47. The van der Waals surface area contributed by atoms with Crippen molar-refractivity contribution >= 4 is 12.2 Å². The summed E-state index contributed by atoms with van der Waals surface area (Å²) < 4.78 is 48.7. The van der Waals surface area contributed by atoms with Crippen molar-refractivity contribution in [3.05, 3.63) is 71.8 Å². The minimum absolute atomic E-state index is 0.0113. The average molecular weight is 365 g/mol. The van der Waals surface area contributed by atoms with Crippen LogP contribution in [0.25, 0.3) is 6.08 Å². The third-order valence-electron chi connectivity index (χ3n) is 3.40. The Balaban J connectivity index is 1.80. The summed E-state index contributed by atoms with van der Waals surface area (Å²) in [6, 6.07) is 12.3. The zero-order chi connectivity index (χ0) is 19.0. The van der Waals surface area contributed by atoms with E-state index in [-0.39, 0.29) is 25.5 Å². The van der Waals surface area contributed by atoms with Crippen molar-refractivity contribution in [1.82, 2.24) is 5.32 Å². The van der Waals surface area contributed by atoms with Gasteiger partial charge in [-0.25, -0.2) is 4.79 Å². The van der Waals surface area contributed by atoms with Crippen molar-refractivity contribution in [2.24, 2.45) is 0 Å². The number of hydrogen-bond acceptors (Lipinski definition) is 3. The summed E-state index contributed by atoms with van der Waals surface area (Å²) >= 11 is 0. The predicted molar refractivity (Wildman–Crippen MR) is 91.7 cm³/mol. The van der Waals surface area contributed by atoms with E-state index in [2.05, 4.69) is 11.9 Å². The number of benzene rings is 2. The van der Waals surface area contributed by atoms with Crippen LogP contribution in [0.2, 0.25) is 0 Å². The fourth-order valence-corrected chi connectivity index (χ4v) is 2.09. The summed E-state index contributed by atoms with van der Waals surface area (Å²) in [6.07, 6.45) is -3.70. The molecule has 7 heteroatoms. The van der Waals surface area contributed by atoms with Gasteiger partial charge in [0.05, 0.1) is 12.1 Å². The first-order chi connectivity index (χ1) is 12.4. The molecular formula is C19H18F3NO3. The second-order valence-corrected chi connectivity index (χ2v) is 5.29. The summed E-state index contributed by atoms with van der Waals surface area (Å²) in [5.41, 5.74) is 0.469. The van der Waals surface area contributed by atoms with E-state index in [1.165, 1.54) is 12.1 Å². The molecule has 0 saturated heterocycles. The molecule has 0 aromatic heterocycles. The zero-order valence-corrected chi connectivity index (χ0v) is 13.9. The van der Waals surface area contributed by atoms with Gasteiger partial charge in [-0.15, -0.1) is 0 Å². The molecule has 2 aromatic rings. The Morgan fingerprint density at radius 3 is 2.54 bits per heavy atom. The summed E-state index contributed by atoms with van der Waals surface area (Å²) in [5.74, 6) is 0.0503. The highest BCUT2D eigenvalue weighted by Gasteiger charge is 2.31. The molecule has 4 nitrogen and oxygen atoms in total. The highest BCUT2D eigenvalue weighted by Crippen LogP contribution is 2.33. The molecule has 1 amide bonds. The maximum atomic E-state index is 12.8. The number of alkyl halides is 3. The van der Waals surface area contributed by atoms with E-state index in [1.54, 1.807) is 0 Å². The number of amides is 1. The lowest BCUT2D eigenvalue weighted by Crippen LogP contribution is -2.28. The molecule has 0 heterocycles. The van der Waals surface area contributed by atoms with E-state index >= 15 is 0 Å². The number of rotatable bonds is 7. The smallest absolute Gasteiger partial charge is 0.416 e. The Labute approximate surface area is 149 Å². The lowest BCUT2D eigenvalue weighted by atomic mass is 10.1. The van der Waals surface area contributed by atoms with Gasteiger partial charge in [-0.05, 0) is 17.7 Å². The van der Waals surface area contributed by atoms with Crippen molar-refractivity contribution in [1.29, 1.82) is 0 Å². The van der Waals surface area contributed by atoms with E-state index in [1.807, 2.05) is 30.3 Å². The lowest BCUT2D eigenvalue weighted by molar-refractivity contribution is -0.137. The minimum atomic E-state index is -4.46. The third-order valence-corrected chi connectivity index (χ3v) is 3.40. The zero-order valence-electron chi connectivity index (χ0n) is 13.9. The first-order valence-corrected chi connectivity index (χ1v) is 7.81. The number of carbonyl (C=O) groups excluding carboxylic acids is 1. The second kappa shape index (κ2) is 8.94. The molecule has 0 unspecified atom stereocenters. The van der Waals surface area contributed by atoms with E-state index in [0.717, 1.165) is 17.7 Å². The van der Waals surface area contributed by atoms with Gasteiger partial charge in [0, 0.05) is 5.56 Å². The second-order valence-electron chi connectivity index (χ2n) is 5.29. The molecule has 26 heavy (non-hydrogen) atoms. The molecule has 0 fully saturated rings. The van der Waals surface area contributed by atoms with Crippen LogP contribution in [0.3, 0.4) is 0 Å². The standard InChI is InChI=1S/C19H18F3NO3/c1-2-15-8-9-16(19(20,21)22)12-17(15)25-11-10-23-18(24)26-13-14-6-4-3-5-7-14/h2-9,12H,1,10-11,13H2,(H,23,24). The third kappa shape index (κ3) is 5.84. The maximum absolute atomic E-state index is 12.8. The number of nitrogens with one attached hydrogen (secondary N) is 1. The molecule has 138 valence electrons. The van der Waals surface area contributed by atoms with Gasteiger partial charge in [-0.3, -0.25) is 0 Å². The number of halogens is 3. The highest BCUT2D eigenvalue weighted by molar-refractivity contribution is 5.67. The van der Waals surface area contributed by atoms with Crippen molar-refractivity contribution in [3.63, 3.8) is 0 Å².